The first-order chi connectivity index (χ1) is 29.7. The van der Waals surface area contributed by atoms with Crippen molar-refractivity contribution < 1.29 is 43.2 Å². The maximum absolute atomic E-state index is 13.5. The molecule has 2 N–H and O–H groups in total. The third-order valence-corrected chi connectivity index (χ3v) is 13.4. The smallest absolute Gasteiger partial charge is 0.417 e. The topological polar surface area (TPSA) is 133 Å². The van der Waals surface area contributed by atoms with Crippen molar-refractivity contribution in [1.29, 1.82) is 0 Å². The van der Waals surface area contributed by atoms with E-state index >= 15 is 0 Å². The van der Waals surface area contributed by atoms with Crippen LogP contribution in [-0.2, 0) is 27.9 Å². The van der Waals surface area contributed by atoms with Crippen molar-refractivity contribution in [2.45, 2.75) is 109 Å². The molecule has 2 aliphatic heterocycles. The van der Waals surface area contributed by atoms with Crippen LogP contribution in [0.2, 0.25) is 0 Å². The summed E-state index contributed by atoms with van der Waals surface area (Å²) in [5, 5.41) is 14.4. The van der Waals surface area contributed by atoms with Crippen molar-refractivity contribution >= 4 is 23.7 Å². The second kappa shape index (κ2) is 18.4. The standard InChI is InChI=1S/C48H52N2O9.C2H6/c1-3-4-10-39(51)36-26-37-38-25-33-17-22-40(43-41(33)48(37,44(59-43)42(36)55-2)23-24-50(38)27-29-11-12-29)58-47(54)49-34-18-13-32(14-19-34)46(53)57-35-20-15-31(16-21-35)45(52)56-28-30-8-6-5-7-9-30;1-2/h5-9,13-22,29,36-39,42,44,51H,3-4,10-12,23-28H2,1-2H3,(H,49,54);1-2H3/t36-,37?,38-,39-,42-,44+,48+;/m1./s1. The number of aliphatic hydroxyl groups is 1. The summed E-state index contributed by atoms with van der Waals surface area (Å²) in [6.07, 6.45) is 6.29. The molecule has 9 rings (SSSR count). The Labute approximate surface area is 358 Å². The van der Waals surface area contributed by atoms with Gasteiger partial charge in [0.25, 0.3) is 0 Å². The van der Waals surface area contributed by atoms with E-state index in [9.17, 15) is 19.5 Å². The number of esters is 2. The predicted octanol–water partition coefficient (Wildman–Crippen LogP) is 9.14. The van der Waals surface area contributed by atoms with Crippen molar-refractivity contribution in [3.05, 3.63) is 119 Å². The van der Waals surface area contributed by atoms with E-state index in [1.165, 1.54) is 30.5 Å². The Morgan fingerprint density at radius 3 is 2.34 bits per heavy atom. The normalized spacial score (nSPS) is 24.8. The van der Waals surface area contributed by atoms with Crippen molar-refractivity contribution in [3.63, 3.8) is 0 Å². The van der Waals surface area contributed by atoms with Crippen LogP contribution in [-0.4, -0.2) is 72.6 Å². The number of carbonyl (C=O) groups is 3. The molecule has 11 heteroatoms. The number of anilines is 1. The average molecular weight is 831 g/mol. The monoisotopic (exact) mass is 830 g/mol. The molecule has 7 atom stereocenters. The van der Waals surface area contributed by atoms with Gasteiger partial charge in [0, 0.05) is 42.3 Å². The molecular weight excluding hydrogens is 773 g/mol. The molecular formula is C50H58N2O9. The third kappa shape index (κ3) is 8.52. The van der Waals surface area contributed by atoms with E-state index in [1.54, 1.807) is 43.5 Å². The maximum Gasteiger partial charge on any atom is 0.417 e. The minimum absolute atomic E-state index is 0.0523. The zero-order chi connectivity index (χ0) is 42.7. The number of carbonyl (C=O) groups excluding carboxylic acids is 3. The van der Waals surface area contributed by atoms with E-state index < -0.39 is 24.1 Å². The van der Waals surface area contributed by atoms with Gasteiger partial charge in [-0.05, 0) is 123 Å². The highest BCUT2D eigenvalue weighted by Crippen LogP contribution is 2.65. The molecule has 4 aromatic rings. The van der Waals surface area contributed by atoms with Gasteiger partial charge in [0.15, 0.2) is 11.5 Å². The van der Waals surface area contributed by atoms with Gasteiger partial charge in [0.05, 0.1) is 17.2 Å². The predicted molar refractivity (Wildman–Crippen MR) is 231 cm³/mol. The fourth-order valence-electron chi connectivity index (χ4n) is 10.4. The number of benzene rings is 4. The first-order valence-electron chi connectivity index (χ1n) is 22.2. The lowest BCUT2D eigenvalue weighted by Crippen LogP contribution is -2.69. The number of hydrogen-bond acceptors (Lipinski definition) is 10. The first-order valence-corrected chi connectivity index (χ1v) is 22.2. The highest BCUT2D eigenvalue weighted by Gasteiger charge is 2.68. The van der Waals surface area contributed by atoms with E-state index in [-0.39, 0.29) is 41.5 Å². The summed E-state index contributed by atoms with van der Waals surface area (Å²) in [5.74, 6) is 1.19. The van der Waals surface area contributed by atoms with Crippen LogP contribution in [0.5, 0.6) is 17.2 Å². The van der Waals surface area contributed by atoms with Gasteiger partial charge in [0.1, 0.15) is 24.6 Å². The Bertz CT molecular complexity index is 2170. The summed E-state index contributed by atoms with van der Waals surface area (Å²) >= 11 is 0. The van der Waals surface area contributed by atoms with Gasteiger partial charge in [0.2, 0.25) is 0 Å². The maximum atomic E-state index is 13.5. The van der Waals surface area contributed by atoms with Crippen LogP contribution < -0.4 is 19.5 Å². The molecule has 0 aromatic heterocycles. The van der Waals surface area contributed by atoms with Gasteiger partial charge >= 0.3 is 18.0 Å². The summed E-state index contributed by atoms with van der Waals surface area (Å²) in [6.45, 7) is 8.43. The number of nitrogens with one attached hydrogen (secondary N) is 1. The van der Waals surface area contributed by atoms with E-state index in [0.29, 0.717) is 34.7 Å². The molecule has 1 saturated heterocycles. The molecule has 5 aliphatic rings. The summed E-state index contributed by atoms with van der Waals surface area (Å²) in [6, 6.07) is 26.2. The Kier molecular flexibility index (Phi) is 12.8. The third-order valence-electron chi connectivity index (χ3n) is 13.4. The van der Waals surface area contributed by atoms with Crippen molar-refractivity contribution in [1.82, 2.24) is 4.90 Å². The largest absolute Gasteiger partial charge is 0.483 e. The minimum atomic E-state index is -0.685. The number of rotatable bonds is 14. The van der Waals surface area contributed by atoms with Crippen LogP contribution in [0.15, 0.2) is 91.0 Å². The van der Waals surface area contributed by atoms with Crippen LogP contribution in [0, 0.1) is 17.8 Å². The molecule has 61 heavy (non-hydrogen) atoms. The van der Waals surface area contributed by atoms with Gasteiger partial charge in [-0.2, -0.15) is 0 Å². The molecule has 322 valence electrons. The van der Waals surface area contributed by atoms with Crippen LogP contribution >= 0.6 is 0 Å². The zero-order valence-corrected chi connectivity index (χ0v) is 35.6. The highest BCUT2D eigenvalue weighted by atomic mass is 16.6. The fourth-order valence-corrected chi connectivity index (χ4v) is 10.4. The molecule has 11 nitrogen and oxygen atoms in total. The summed E-state index contributed by atoms with van der Waals surface area (Å²) in [7, 11) is 1.73. The Hall–Kier alpha value is -5.23. The molecule has 1 unspecified atom stereocenters. The number of likely N-dealkylation sites (tertiary alicyclic amines) is 1. The highest BCUT2D eigenvalue weighted by molar-refractivity contribution is 5.93. The van der Waals surface area contributed by atoms with E-state index in [0.717, 1.165) is 68.7 Å². The van der Waals surface area contributed by atoms with Gasteiger partial charge < -0.3 is 28.8 Å². The van der Waals surface area contributed by atoms with Crippen LogP contribution in [0.1, 0.15) is 103 Å². The number of hydrogen-bond donors (Lipinski definition) is 2. The number of piperidine rings is 1. The van der Waals surface area contributed by atoms with E-state index in [4.69, 9.17) is 23.7 Å². The van der Waals surface area contributed by atoms with Crippen LogP contribution in [0.4, 0.5) is 10.5 Å². The molecule has 3 fully saturated rings. The van der Waals surface area contributed by atoms with E-state index in [1.807, 2.05) is 50.2 Å². The van der Waals surface area contributed by atoms with Gasteiger partial charge in [-0.1, -0.05) is 70.0 Å². The number of nitrogens with zero attached hydrogens (tertiary/aromatic N) is 1. The SMILES string of the molecule is CC.CCCC[C@@H](O)[C@H]1CC2[C@H]3Cc4ccc(OC(=O)Nc5ccc(C(=O)Oc6ccc(C(=O)OCc7ccccc7)cc6)cc5)c5c4[C@@]2(CCN3CC2CC2)[C@@H](O5)[C@@H]1OC. The summed E-state index contributed by atoms with van der Waals surface area (Å²) in [5.41, 5.74) is 4.04. The Morgan fingerprint density at radius 1 is 0.918 bits per heavy atom. The van der Waals surface area contributed by atoms with Gasteiger partial charge in [-0.3, -0.25) is 10.2 Å². The van der Waals surface area contributed by atoms with Crippen molar-refractivity contribution in [2.24, 2.45) is 17.8 Å². The lowest BCUT2D eigenvalue weighted by molar-refractivity contribution is -0.162. The number of ether oxygens (including phenoxy) is 5. The molecule has 2 bridgehead atoms. The zero-order valence-electron chi connectivity index (χ0n) is 35.6. The van der Waals surface area contributed by atoms with Crippen molar-refractivity contribution in [3.8, 4) is 17.2 Å². The summed E-state index contributed by atoms with van der Waals surface area (Å²) < 4.78 is 30.2. The molecule has 3 aliphatic carbocycles. The molecule has 0 radical (unpaired) electrons. The number of unbranched alkanes of at least 4 members (excludes halogenated alkanes) is 1. The quantitative estimate of drug-likeness (QED) is 0.0937. The first kappa shape index (κ1) is 42.5. The van der Waals surface area contributed by atoms with Crippen LogP contribution in [0.3, 0.4) is 0 Å². The number of amides is 1. The second-order valence-electron chi connectivity index (χ2n) is 16.9. The van der Waals surface area contributed by atoms with E-state index in [2.05, 4.69) is 23.2 Å². The Morgan fingerprint density at radius 2 is 1.64 bits per heavy atom. The van der Waals surface area contributed by atoms with Crippen LogP contribution in [0.25, 0.3) is 0 Å². The molecule has 1 amide bonds. The van der Waals surface area contributed by atoms with Gasteiger partial charge in [-0.25, -0.2) is 14.4 Å². The number of aliphatic hydroxyl groups excluding tert-OH is 1. The molecule has 4 aromatic carbocycles. The molecule has 2 heterocycles. The number of methoxy groups -OCH3 is 1. The average Bonchev–Trinajstić information content (AvgIpc) is 4.04. The Balaban J connectivity index is 0.00000253. The lowest BCUT2D eigenvalue weighted by atomic mass is 9.49. The summed E-state index contributed by atoms with van der Waals surface area (Å²) in [4.78, 5) is 41.6. The fraction of sp³-hybridized carbons (Fsp3) is 0.460. The molecule has 1 spiro atoms. The minimum Gasteiger partial charge on any atom is -0.483 e. The van der Waals surface area contributed by atoms with Crippen molar-refractivity contribution in [2.75, 3.05) is 25.5 Å². The molecule has 2 saturated carbocycles. The lowest BCUT2D eigenvalue weighted by Gasteiger charge is -2.61. The second-order valence-corrected chi connectivity index (χ2v) is 16.9. The van der Waals surface area contributed by atoms with Gasteiger partial charge in [-0.15, -0.1) is 0 Å².